The lowest BCUT2D eigenvalue weighted by molar-refractivity contribution is 0.153. The molecule has 3 rings (SSSR count). The zero-order valence-corrected chi connectivity index (χ0v) is 10.7. The van der Waals surface area contributed by atoms with E-state index in [0.29, 0.717) is 13.2 Å². The Morgan fingerprint density at radius 2 is 2.16 bits per heavy atom. The Kier molecular flexibility index (Phi) is 3.27. The molecule has 1 aromatic carbocycles. The predicted molar refractivity (Wildman–Crippen MR) is 69.8 cm³/mol. The number of hydrogen-bond acceptors (Lipinski definition) is 5. The number of nitrogens with zero attached hydrogens (tertiary/aromatic N) is 4. The second-order valence-corrected chi connectivity index (χ2v) is 5.03. The monoisotopic (exact) mass is 259 g/mol. The van der Waals surface area contributed by atoms with E-state index < -0.39 is 0 Å². The van der Waals surface area contributed by atoms with Gasteiger partial charge in [0, 0.05) is 25.0 Å². The molecule has 1 saturated heterocycles. The fraction of sp³-hybridized carbons (Fsp3) is 0.462. The molecule has 0 spiro atoms. The first-order chi connectivity index (χ1) is 9.33. The van der Waals surface area contributed by atoms with E-state index in [2.05, 4.69) is 15.5 Å². The van der Waals surface area contributed by atoms with Gasteiger partial charge in [-0.1, -0.05) is 18.2 Å². The Labute approximate surface area is 111 Å². The van der Waals surface area contributed by atoms with Crippen LogP contribution < -0.4 is 5.73 Å². The fourth-order valence-electron chi connectivity index (χ4n) is 2.44. The second-order valence-electron chi connectivity index (χ2n) is 5.03. The third-order valence-electron chi connectivity index (χ3n) is 3.69. The smallest absolute Gasteiger partial charge is 0.157 e. The highest BCUT2D eigenvalue weighted by Gasteiger charge is 2.35. The number of tetrazole rings is 1. The number of nitrogens with two attached hydrogens (primary N) is 1. The molecule has 1 fully saturated rings. The van der Waals surface area contributed by atoms with Gasteiger partial charge < -0.3 is 10.5 Å². The minimum atomic E-state index is -0.0265. The first kappa shape index (κ1) is 12.3. The molecule has 0 aliphatic carbocycles. The molecule has 0 bridgehead atoms. The van der Waals surface area contributed by atoms with Crippen molar-refractivity contribution in [3.63, 3.8) is 0 Å². The van der Waals surface area contributed by atoms with Crippen LogP contribution in [0.3, 0.4) is 0 Å². The Hall–Kier alpha value is -1.79. The normalized spacial score (nSPS) is 22.8. The zero-order valence-electron chi connectivity index (χ0n) is 10.7. The number of ether oxygens (including phenoxy) is 1. The van der Waals surface area contributed by atoms with Crippen molar-refractivity contribution < 1.29 is 4.74 Å². The SMILES string of the molecule is NCC1(Cc2nnnn2-c2ccccc2)CCOC1. The van der Waals surface area contributed by atoms with Crippen molar-refractivity contribution in [3.8, 4) is 5.69 Å². The summed E-state index contributed by atoms with van der Waals surface area (Å²) in [6.45, 7) is 2.05. The van der Waals surface area contributed by atoms with Gasteiger partial charge in [0.25, 0.3) is 0 Å². The maximum atomic E-state index is 5.92. The van der Waals surface area contributed by atoms with Gasteiger partial charge in [0.1, 0.15) is 0 Å². The lowest BCUT2D eigenvalue weighted by Crippen LogP contribution is -2.34. The molecule has 1 aromatic heterocycles. The van der Waals surface area contributed by atoms with E-state index in [1.54, 1.807) is 4.68 Å². The highest BCUT2D eigenvalue weighted by atomic mass is 16.5. The molecule has 0 radical (unpaired) electrons. The molecule has 6 heteroatoms. The summed E-state index contributed by atoms with van der Waals surface area (Å²) < 4.78 is 7.26. The Morgan fingerprint density at radius 1 is 1.32 bits per heavy atom. The summed E-state index contributed by atoms with van der Waals surface area (Å²) in [7, 11) is 0. The van der Waals surface area contributed by atoms with Crippen molar-refractivity contribution in [1.29, 1.82) is 0 Å². The molecule has 2 aromatic rings. The van der Waals surface area contributed by atoms with Crippen LogP contribution in [-0.4, -0.2) is 40.0 Å². The van der Waals surface area contributed by atoms with E-state index in [0.717, 1.165) is 31.0 Å². The molecule has 0 saturated carbocycles. The number of aromatic nitrogens is 4. The number of rotatable bonds is 4. The first-order valence-corrected chi connectivity index (χ1v) is 6.43. The first-order valence-electron chi connectivity index (χ1n) is 6.43. The van der Waals surface area contributed by atoms with Crippen LogP contribution in [0.25, 0.3) is 5.69 Å². The van der Waals surface area contributed by atoms with Crippen LogP contribution in [0, 0.1) is 5.41 Å². The van der Waals surface area contributed by atoms with E-state index in [1.807, 2.05) is 30.3 Å². The number of para-hydroxylation sites is 1. The van der Waals surface area contributed by atoms with E-state index in [1.165, 1.54) is 0 Å². The van der Waals surface area contributed by atoms with Crippen LogP contribution in [0.5, 0.6) is 0 Å². The fourth-order valence-corrected chi connectivity index (χ4v) is 2.44. The van der Waals surface area contributed by atoms with Gasteiger partial charge in [-0.05, 0) is 29.0 Å². The van der Waals surface area contributed by atoms with Gasteiger partial charge >= 0.3 is 0 Å². The molecule has 0 amide bonds. The van der Waals surface area contributed by atoms with E-state index >= 15 is 0 Å². The lowest BCUT2D eigenvalue weighted by atomic mass is 9.83. The summed E-state index contributed by atoms with van der Waals surface area (Å²) in [6.07, 6.45) is 1.70. The highest BCUT2D eigenvalue weighted by molar-refractivity contribution is 5.30. The van der Waals surface area contributed by atoms with Crippen molar-refractivity contribution in [3.05, 3.63) is 36.2 Å². The summed E-state index contributed by atoms with van der Waals surface area (Å²) >= 11 is 0. The van der Waals surface area contributed by atoms with Gasteiger partial charge in [-0.3, -0.25) is 0 Å². The second kappa shape index (κ2) is 5.07. The Balaban J connectivity index is 1.88. The van der Waals surface area contributed by atoms with E-state index in [-0.39, 0.29) is 5.41 Å². The van der Waals surface area contributed by atoms with Crippen molar-refractivity contribution >= 4 is 0 Å². The lowest BCUT2D eigenvalue weighted by Gasteiger charge is -2.24. The maximum Gasteiger partial charge on any atom is 0.157 e. The highest BCUT2D eigenvalue weighted by Crippen LogP contribution is 2.31. The van der Waals surface area contributed by atoms with Gasteiger partial charge in [0.05, 0.1) is 12.3 Å². The average molecular weight is 259 g/mol. The molecular weight excluding hydrogens is 242 g/mol. The van der Waals surface area contributed by atoms with Gasteiger partial charge in [-0.15, -0.1) is 5.10 Å². The molecule has 1 unspecified atom stereocenters. The van der Waals surface area contributed by atoms with Crippen LogP contribution in [0.1, 0.15) is 12.2 Å². The van der Waals surface area contributed by atoms with E-state index in [9.17, 15) is 0 Å². The maximum absolute atomic E-state index is 5.92. The molecular formula is C13H17N5O. The van der Waals surface area contributed by atoms with E-state index in [4.69, 9.17) is 10.5 Å². The van der Waals surface area contributed by atoms with Crippen LogP contribution in [0.2, 0.25) is 0 Å². The average Bonchev–Trinajstić information content (AvgIpc) is 3.10. The number of benzene rings is 1. The third kappa shape index (κ3) is 2.36. The van der Waals surface area contributed by atoms with Crippen LogP contribution in [0.4, 0.5) is 0 Å². The van der Waals surface area contributed by atoms with Crippen molar-refractivity contribution in [1.82, 2.24) is 20.2 Å². The predicted octanol–water partition coefficient (Wildman–Crippen LogP) is 0.570. The van der Waals surface area contributed by atoms with Crippen molar-refractivity contribution in [2.24, 2.45) is 11.1 Å². The third-order valence-corrected chi connectivity index (χ3v) is 3.69. The largest absolute Gasteiger partial charge is 0.381 e. The van der Waals surface area contributed by atoms with Gasteiger partial charge in [0.15, 0.2) is 5.82 Å². The molecule has 100 valence electrons. The van der Waals surface area contributed by atoms with Gasteiger partial charge in [-0.2, -0.15) is 4.68 Å². The minimum Gasteiger partial charge on any atom is -0.381 e. The Bertz CT molecular complexity index is 533. The molecule has 1 atom stereocenters. The summed E-state index contributed by atoms with van der Waals surface area (Å²) in [5, 5.41) is 12.0. The summed E-state index contributed by atoms with van der Waals surface area (Å²) in [5.74, 6) is 0.835. The Morgan fingerprint density at radius 3 is 2.84 bits per heavy atom. The van der Waals surface area contributed by atoms with Gasteiger partial charge in [0.2, 0.25) is 0 Å². The van der Waals surface area contributed by atoms with Crippen LogP contribution in [-0.2, 0) is 11.2 Å². The van der Waals surface area contributed by atoms with Crippen LogP contribution >= 0.6 is 0 Å². The molecule has 1 aliphatic heterocycles. The summed E-state index contributed by atoms with van der Waals surface area (Å²) in [6, 6.07) is 9.89. The van der Waals surface area contributed by atoms with Crippen LogP contribution in [0.15, 0.2) is 30.3 Å². The summed E-state index contributed by atoms with van der Waals surface area (Å²) in [4.78, 5) is 0. The molecule has 1 aliphatic rings. The standard InChI is InChI=1S/C13H17N5O/c14-9-13(6-7-19-10-13)8-12-15-16-17-18(12)11-4-2-1-3-5-11/h1-5H,6-10,14H2. The number of hydrogen-bond donors (Lipinski definition) is 1. The molecule has 2 heterocycles. The van der Waals surface area contributed by atoms with Crippen molar-refractivity contribution in [2.75, 3.05) is 19.8 Å². The summed E-state index contributed by atoms with van der Waals surface area (Å²) in [5.41, 5.74) is 6.86. The molecule has 2 N–H and O–H groups in total. The zero-order chi connectivity index (χ0) is 13.1. The minimum absolute atomic E-state index is 0.0265. The van der Waals surface area contributed by atoms with Gasteiger partial charge in [-0.25, -0.2) is 0 Å². The van der Waals surface area contributed by atoms with Crippen molar-refractivity contribution in [2.45, 2.75) is 12.8 Å². The molecule has 19 heavy (non-hydrogen) atoms. The quantitative estimate of drug-likeness (QED) is 0.868. The molecule has 6 nitrogen and oxygen atoms in total. The topological polar surface area (TPSA) is 78.9 Å².